The van der Waals surface area contributed by atoms with Crippen molar-refractivity contribution >= 4 is 23.0 Å². The molecule has 0 unspecified atom stereocenters. The van der Waals surface area contributed by atoms with Crippen LogP contribution in [0.1, 0.15) is 51.1 Å². The fraction of sp³-hybridized carbons (Fsp3) is 0.611. The zero-order valence-electron chi connectivity index (χ0n) is 13.9. The van der Waals surface area contributed by atoms with Crippen molar-refractivity contribution in [2.24, 2.45) is 16.9 Å². The zero-order valence-corrected chi connectivity index (χ0v) is 14.7. The molecule has 5 heteroatoms. The maximum absolute atomic E-state index is 5.61. The number of nitrogens with zero attached hydrogens (tertiary/aromatic N) is 3. The predicted octanol–water partition coefficient (Wildman–Crippen LogP) is 3.58. The Kier molecular flexibility index (Phi) is 5.60. The van der Waals surface area contributed by atoms with Gasteiger partial charge in [-0.2, -0.15) is 5.10 Å². The van der Waals surface area contributed by atoms with Crippen molar-refractivity contribution in [2.75, 3.05) is 13.1 Å². The van der Waals surface area contributed by atoms with E-state index in [4.69, 9.17) is 12.2 Å². The molecular formula is C18H26N4S. The number of thiocarbonyl (C=S) groups is 1. The molecule has 0 amide bonds. The molecule has 2 aliphatic heterocycles. The molecule has 3 aliphatic rings. The number of hydrazone groups is 1. The average Bonchev–Trinajstić information content (AvgIpc) is 2.93. The lowest BCUT2D eigenvalue weighted by Gasteiger charge is -2.24. The van der Waals surface area contributed by atoms with Crippen LogP contribution in [0.2, 0.25) is 0 Å². The lowest BCUT2D eigenvalue weighted by molar-refractivity contribution is 0.326. The number of fused-ring (bicyclic) bond motifs is 4. The van der Waals surface area contributed by atoms with E-state index in [1.54, 1.807) is 0 Å². The third-order valence-electron chi connectivity index (χ3n) is 4.94. The molecule has 1 saturated carbocycles. The van der Waals surface area contributed by atoms with Gasteiger partial charge < -0.3 is 4.90 Å². The molecule has 0 radical (unpaired) electrons. The lowest BCUT2D eigenvalue weighted by Crippen LogP contribution is -2.40. The Morgan fingerprint density at radius 2 is 1.96 bits per heavy atom. The molecule has 3 fully saturated rings. The first kappa shape index (κ1) is 16.4. The summed E-state index contributed by atoms with van der Waals surface area (Å²) in [5.41, 5.74) is 5.05. The van der Waals surface area contributed by atoms with E-state index >= 15 is 0 Å². The molecule has 0 atom stereocenters. The first-order valence-corrected chi connectivity index (χ1v) is 9.20. The van der Waals surface area contributed by atoms with E-state index < -0.39 is 0 Å². The van der Waals surface area contributed by atoms with Crippen LogP contribution in [0.15, 0.2) is 29.5 Å². The van der Waals surface area contributed by atoms with Crippen LogP contribution < -0.4 is 5.43 Å². The van der Waals surface area contributed by atoms with Crippen LogP contribution in [-0.4, -0.2) is 33.8 Å². The number of hydrogen-bond acceptors (Lipinski definition) is 3. The quantitative estimate of drug-likeness (QED) is 0.520. The highest BCUT2D eigenvalue weighted by molar-refractivity contribution is 7.80. The highest BCUT2D eigenvalue weighted by Crippen LogP contribution is 2.33. The Morgan fingerprint density at radius 3 is 2.52 bits per heavy atom. The van der Waals surface area contributed by atoms with Gasteiger partial charge in [0.05, 0.1) is 11.4 Å². The minimum absolute atomic E-state index is 0.772. The standard InChI is InChI=1S/C18H26N4S/c1-2-5-17(16-6-3-4-11-19-16)20-21-18(23)22-12-14-7-8-15(13-22)10-9-14/h3-4,6,11,14-15H,2,5,7-10,12-13H2,1H3,(H,21,23)/b20-17-. The minimum atomic E-state index is 0.772. The molecule has 1 aliphatic carbocycles. The smallest absolute Gasteiger partial charge is 0.189 e. The molecule has 4 nitrogen and oxygen atoms in total. The van der Waals surface area contributed by atoms with E-state index in [1.165, 1.54) is 25.7 Å². The topological polar surface area (TPSA) is 40.5 Å². The van der Waals surface area contributed by atoms with Crippen molar-refractivity contribution in [3.63, 3.8) is 0 Å². The maximum atomic E-state index is 5.61. The molecular weight excluding hydrogens is 304 g/mol. The second-order valence-electron chi connectivity index (χ2n) is 6.73. The highest BCUT2D eigenvalue weighted by atomic mass is 32.1. The van der Waals surface area contributed by atoms with Crippen molar-refractivity contribution in [3.05, 3.63) is 30.1 Å². The Balaban J connectivity index is 1.66. The van der Waals surface area contributed by atoms with Crippen molar-refractivity contribution in [1.82, 2.24) is 15.3 Å². The van der Waals surface area contributed by atoms with Crippen LogP contribution in [0, 0.1) is 11.8 Å². The average molecular weight is 331 g/mol. The van der Waals surface area contributed by atoms with E-state index in [1.807, 2.05) is 24.4 Å². The van der Waals surface area contributed by atoms with Gasteiger partial charge in [0.15, 0.2) is 5.11 Å². The van der Waals surface area contributed by atoms with Crippen molar-refractivity contribution in [2.45, 2.75) is 45.4 Å². The Hall–Kier alpha value is -1.49. The number of hydrogen-bond donors (Lipinski definition) is 1. The van der Waals surface area contributed by atoms with Gasteiger partial charge in [-0.15, -0.1) is 0 Å². The van der Waals surface area contributed by atoms with E-state index in [9.17, 15) is 0 Å². The molecule has 3 heterocycles. The monoisotopic (exact) mass is 330 g/mol. The molecule has 4 rings (SSSR count). The molecule has 23 heavy (non-hydrogen) atoms. The van der Waals surface area contributed by atoms with Gasteiger partial charge >= 0.3 is 0 Å². The van der Waals surface area contributed by atoms with Crippen LogP contribution in [-0.2, 0) is 0 Å². The third-order valence-corrected chi connectivity index (χ3v) is 5.29. The van der Waals surface area contributed by atoms with Crippen molar-refractivity contribution in [1.29, 1.82) is 0 Å². The molecule has 1 N–H and O–H groups in total. The normalized spacial score (nSPS) is 24.4. The Labute approximate surface area is 144 Å². The molecule has 124 valence electrons. The molecule has 1 aromatic heterocycles. The number of rotatable bonds is 4. The van der Waals surface area contributed by atoms with Gasteiger partial charge in [-0.05, 0) is 68.3 Å². The number of pyridine rings is 1. The zero-order chi connectivity index (χ0) is 16.1. The van der Waals surface area contributed by atoms with E-state index in [2.05, 4.69) is 27.3 Å². The summed E-state index contributed by atoms with van der Waals surface area (Å²) in [6.45, 7) is 4.33. The highest BCUT2D eigenvalue weighted by Gasteiger charge is 2.30. The summed E-state index contributed by atoms with van der Waals surface area (Å²) in [6, 6.07) is 5.93. The summed E-state index contributed by atoms with van der Waals surface area (Å²) in [6.07, 6.45) is 9.20. The number of aromatic nitrogens is 1. The summed E-state index contributed by atoms with van der Waals surface area (Å²) in [7, 11) is 0. The molecule has 0 spiro atoms. The van der Waals surface area contributed by atoms with Gasteiger partial charge in [-0.3, -0.25) is 10.4 Å². The van der Waals surface area contributed by atoms with Crippen LogP contribution >= 0.6 is 12.2 Å². The molecule has 0 aromatic carbocycles. The van der Waals surface area contributed by atoms with E-state index in [-0.39, 0.29) is 0 Å². The Bertz CT molecular complexity index is 535. The molecule has 2 saturated heterocycles. The van der Waals surface area contributed by atoms with Gasteiger partial charge in [0.25, 0.3) is 0 Å². The van der Waals surface area contributed by atoms with Gasteiger partial charge in [-0.25, -0.2) is 0 Å². The number of nitrogens with one attached hydrogen (secondary N) is 1. The first-order valence-electron chi connectivity index (χ1n) is 8.79. The van der Waals surface area contributed by atoms with Crippen molar-refractivity contribution < 1.29 is 0 Å². The first-order chi connectivity index (χ1) is 11.3. The molecule has 1 aromatic rings. The summed E-state index contributed by atoms with van der Waals surface area (Å²) >= 11 is 5.61. The molecule has 2 bridgehead atoms. The maximum Gasteiger partial charge on any atom is 0.189 e. The predicted molar refractivity (Wildman–Crippen MR) is 98.4 cm³/mol. The summed E-state index contributed by atoms with van der Waals surface area (Å²) in [5.74, 6) is 1.62. The minimum Gasteiger partial charge on any atom is -0.347 e. The van der Waals surface area contributed by atoms with Gasteiger partial charge in [0.1, 0.15) is 0 Å². The second-order valence-corrected chi connectivity index (χ2v) is 7.12. The fourth-order valence-corrected chi connectivity index (χ4v) is 3.85. The summed E-state index contributed by atoms with van der Waals surface area (Å²) in [5, 5.41) is 5.35. The van der Waals surface area contributed by atoms with Crippen LogP contribution in [0.4, 0.5) is 0 Å². The van der Waals surface area contributed by atoms with Crippen LogP contribution in [0.25, 0.3) is 0 Å². The second kappa shape index (κ2) is 7.86. The Morgan fingerprint density at radius 1 is 1.26 bits per heavy atom. The summed E-state index contributed by atoms with van der Waals surface area (Å²) in [4.78, 5) is 6.74. The van der Waals surface area contributed by atoms with Crippen LogP contribution in [0.5, 0.6) is 0 Å². The summed E-state index contributed by atoms with van der Waals surface area (Å²) < 4.78 is 0. The lowest BCUT2D eigenvalue weighted by atomic mass is 9.84. The van der Waals surface area contributed by atoms with Crippen LogP contribution in [0.3, 0.4) is 0 Å². The van der Waals surface area contributed by atoms with E-state index in [0.29, 0.717) is 0 Å². The SMILES string of the molecule is CCC/C(=N/NC(=S)N1CC2CCC(CC2)C1)c1ccccn1. The largest absolute Gasteiger partial charge is 0.347 e. The van der Waals surface area contributed by atoms with Gasteiger partial charge in [0, 0.05) is 19.3 Å². The fourth-order valence-electron chi connectivity index (χ4n) is 3.66. The van der Waals surface area contributed by atoms with E-state index in [0.717, 1.165) is 54.3 Å². The third kappa shape index (κ3) is 4.28. The van der Waals surface area contributed by atoms with Gasteiger partial charge in [0.2, 0.25) is 0 Å². The van der Waals surface area contributed by atoms with Crippen molar-refractivity contribution in [3.8, 4) is 0 Å². The van der Waals surface area contributed by atoms with Gasteiger partial charge in [-0.1, -0.05) is 19.4 Å².